The number of primary amides is 1. The highest BCUT2D eigenvalue weighted by Gasteiger charge is 2.09. The van der Waals surface area contributed by atoms with Crippen molar-refractivity contribution in [1.29, 1.82) is 0 Å². The van der Waals surface area contributed by atoms with Gasteiger partial charge in [-0.3, -0.25) is 9.59 Å². The lowest BCUT2D eigenvalue weighted by Crippen LogP contribution is -2.20. The molecule has 0 unspecified atom stereocenters. The first-order valence-corrected chi connectivity index (χ1v) is 9.08. The average Bonchev–Trinajstić information content (AvgIpc) is 2.73. The third-order valence-electron chi connectivity index (χ3n) is 4.31. The number of amides is 2. The second kappa shape index (κ2) is 9.41. The normalized spacial score (nSPS) is 10.2. The molecule has 0 aliphatic heterocycles. The van der Waals surface area contributed by atoms with Gasteiger partial charge in [0.2, 0.25) is 5.91 Å². The molecule has 3 aromatic carbocycles. The first-order valence-electron chi connectivity index (χ1n) is 9.08. The molecule has 0 spiro atoms. The molecular weight excluding hydrogens is 368 g/mol. The Labute approximate surface area is 169 Å². The highest BCUT2D eigenvalue weighted by Crippen LogP contribution is 2.25. The fourth-order valence-corrected chi connectivity index (χ4v) is 2.87. The van der Waals surface area contributed by atoms with Crippen LogP contribution in [0.15, 0.2) is 72.8 Å². The number of anilines is 1. The quantitative estimate of drug-likeness (QED) is 0.617. The standard InChI is InChI=1S/C23H22N2O4/c1-28-21-12-9-19(14-18(21)13-16-5-3-2-4-6-16)25-22(26)15-29-20-10-7-17(8-11-20)23(24)27/h2-12,14H,13,15H2,1H3,(H2,24,27)(H,25,26). The fraction of sp³-hybridized carbons (Fsp3) is 0.130. The summed E-state index contributed by atoms with van der Waals surface area (Å²) in [6.07, 6.45) is 0.691. The van der Waals surface area contributed by atoms with E-state index >= 15 is 0 Å². The Morgan fingerprint density at radius 1 is 0.966 bits per heavy atom. The molecule has 0 radical (unpaired) electrons. The number of methoxy groups -OCH3 is 1. The van der Waals surface area contributed by atoms with Crippen molar-refractivity contribution in [1.82, 2.24) is 0 Å². The highest BCUT2D eigenvalue weighted by atomic mass is 16.5. The summed E-state index contributed by atoms with van der Waals surface area (Å²) in [4.78, 5) is 23.3. The Balaban J connectivity index is 1.62. The summed E-state index contributed by atoms with van der Waals surface area (Å²) in [5.74, 6) is 0.433. The van der Waals surface area contributed by atoms with Crippen molar-refractivity contribution in [2.75, 3.05) is 19.0 Å². The van der Waals surface area contributed by atoms with E-state index in [1.807, 2.05) is 42.5 Å². The van der Waals surface area contributed by atoms with E-state index in [0.29, 0.717) is 23.4 Å². The van der Waals surface area contributed by atoms with Crippen LogP contribution in [0.25, 0.3) is 0 Å². The molecule has 3 N–H and O–H groups in total. The molecule has 0 aliphatic rings. The van der Waals surface area contributed by atoms with Crippen LogP contribution in [0.4, 0.5) is 5.69 Å². The SMILES string of the molecule is COc1ccc(NC(=O)COc2ccc(C(N)=O)cc2)cc1Cc1ccccc1. The molecule has 0 atom stereocenters. The highest BCUT2D eigenvalue weighted by molar-refractivity contribution is 5.93. The molecule has 29 heavy (non-hydrogen) atoms. The molecule has 0 fully saturated rings. The van der Waals surface area contributed by atoms with Gasteiger partial charge in [0.1, 0.15) is 11.5 Å². The molecule has 6 nitrogen and oxygen atoms in total. The van der Waals surface area contributed by atoms with Gasteiger partial charge in [-0.2, -0.15) is 0 Å². The Morgan fingerprint density at radius 3 is 2.34 bits per heavy atom. The minimum Gasteiger partial charge on any atom is -0.496 e. The monoisotopic (exact) mass is 390 g/mol. The van der Waals surface area contributed by atoms with E-state index in [2.05, 4.69) is 5.32 Å². The molecule has 0 bridgehead atoms. The van der Waals surface area contributed by atoms with Crippen LogP contribution in [-0.2, 0) is 11.2 Å². The maximum absolute atomic E-state index is 12.2. The van der Waals surface area contributed by atoms with E-state index in [9.17, 15) is 9.59 Å². The number of nitrogens with one attached hydrogen (secondary N) is 1. The molecule has 148 valence electrons. The van der Waals surface area contributed by atoms with E-state index in [1.54, 1.807) is 37.4 Å². The number of nitrogens with two attached hydrogens (primary N) is 1. The Kier molecular flexibility index (Phi) is 6.47. The predicted octanol–water partition coefficient (Wildman–Crippen LogP) is 3.40. The summed E-state index contributed by atoms with van der Waals surface area (Å²) in [6, 6.07) is 21.8. The minimum atomic E-state index is -0.514. The second-order valence-electron chi connectivity index (χ2n) is 6.41. The average molecular weight is 390 g/mol. The van der Waals surface area contributed by atoms with Gasteiger partial charge in [0.25, 0.3) is 5.91 Å². The fourth-order valence-electron chi connectivity index (χ4n) is 2.87. The van der Waals surface area contributed by atoms with Crippen molar-refractivity contribution in [3.8, 4) is 11.5 Å². The Morgan fingerprint density at radius 2 is 1.69 bits per heavy atom. The van der Waals surface area contributed by atoms with E-state index < -0.39 is 5.91 Å². The van der Waals surface area contributed by atoms with Crippen LogP contribution in [-0.4, -0.2) is 25.5 Å². The van der Waals surface area contributed by atoms with E-state index in [4.69, 9.17) is 15.2 Å². The lowest BCUT2D eigenvalue weighted by atomic mass is 10.0. The van der Waals surface area contributed by atoms with Gasteiger partial charge in [-0.1, -0.05) is 30.3 Å². The van der Waals surface area contributed by atoms with Crippen LogP contribution >= 0.6 is 0 Å². The van der Waals surface area contributed by atoms with Crippen molar-refractivity contribution in [3.63, 3.8) is 0 Å². The number of carbonyl (C=O) groups excluding carboxylic acids is 2. The number of benzene rings is 3. The summed E-state index contributed by atoms with van der Waals surface area (Å²) in [5, 5.41) is 2.83. The molecule has 0 aliphatic carbocycles. The Hall–Kier alpha value is -3.80. The molecule has 6 heteroatoms. The summed E-state index contributed by atoms with van der Waals surface area (Å²) < 4.78 is 10.9. The molecule has 3 rings (SSSR count). The summed E-state index contributed by atoms with van der Waals surface area (Å²) >= 11 is 0. The van der Waals surface area contributed by atoms with Gasteiger partial charge in [0, 0.05) is 23.2 Å². The molecule has 0 saturated heterocycles. The third kappa shape index (κ3) is 5.59. The van der Waals surface area contributed by atoms with Crippen molar-refractivity contribution in [2.24, 2.45) is 5.73 Å². The zero-order valence-corrected chi connectivity index (χ0v) is 16.1. The van der Waals surface area contributed by atoms with Crippen LogP contribution in [0.1, 0.15) is 21.5 Å². The van der Waals surface area contributed by atoms with E-state index in [0.717, 1.165) is 16.9 Å². The van der Waals surface area contributed by atoms with Crippen LogP contribution in [0.5, 0.6) is 11.5 Å². The zero-order chi connectivity index (χ0) is 20.6. The largest absolute Gasteiger partial charge is 0.496 e. The molecule has 3 aromatic rings. The van der Waals surface area contributed by atoms with E-state index in [-0.39, 0.29) is 12.5 Å². The smallest absolute Gasteiger partial charge is 0.262 e. The topological polar surface area (TPSA) is 90.7 Å². The van der Waals surface area contributed by atoms with Gasteiger partial charge in [-0.15, -0.1) is 0 Å². The van der Waals surface area contributed by atoms with E-state index in [1.165, 1.54) is 0 Å². The van der Waals surface area contributed by atoms with Crippen LogP contribution in [0.3, 0.4) is 0 Å². The van der Waals surface area contributed by atoms with Crippen molar-refractivity contribution < 1.29 is 19.1 Å². The lowest BCUT2D eigenvalue weighted by molar-refractivity contribution is -0.118. The van der Waals surface area contributed by atoms with Crippen molar-refractivity contribution >= 4 is 17.5 Å². The number of carbonyl (C=O) groups is 2. The number of rotatable bonds is 8. The molecular formula is C23H22N2O4. The summed E-state index contributed by atoms with van der Waals surface area (Å²) in [7, 11) is 1.62. The van der Waals surface area contributed by atoms with Gasteiger partial charge in [-0.05, 0) is 48.0 Å². The summed E-state index contributed by atoms with van der Waals surface area (Å²) in [5.41, 5.74) is 8.36. The predicted molar refractivity (Wildman–Crippen MR) is 111 cm³/mol. The first-order chi connectivity index (χ1) is 14.0. The van der Waals surface area contributed by atoms with Gasteiger partial charge in [-0.25, -0.2) is 0 Å². The van der Waals surface area contributed by atoms with Crippen LogP contribution < -0.4 is 20.5 Å². The van der Waals surface area contributed by atoms with Crippen LogP contribution in [0.2, 0.25) is 0 Å². The minimum absolute atomic E-state index is 0.157. The van der Waals surface area contributed by atoms with Crippen molar-refractivity contribution in [3.05, 3.63) is 89.5 Å². The first kappa shape index (κ1) is 19.9. The molecule has 0 aromatic heterocycles. The van der Waals surface area contributed by atoms with Gasteiger partial charge in [0.15, 0.2) is 6.61 Å². The number of hydrogen-bond donors (Lipinski definition) is 2. The zero-order valence-electron chi connectivity index (χ0n) is 16.1. The van der Waals surface area contributed by atoms with Gasteiger partial charge < -0.3 is 20.5 Å². The maximum Gasteiger partial charge on any atom is 0.262 e. The maximum atomic E-state index is 12.2. The molecule has 0 heterocycles. The van der Waals surface area contributed by atoms with Gasteiger partial charge in [0.05, 0.1) is 7.11 Å². The second-order valence-corrected chi connectivity index (χ2v) is 6.41. The summed E-state index contributed by atoms with van der Waals surface area (Å²) in [6.45, 7) is -0.157. The number of ether oxygens (including phenoxy) is 2. The Bertz CT molecular complexity index is 986. The third-order valence-corrected chi connectivity index (χ3v) is 4.31. The van der Waals surface area contributed by atoms with Crippen LogP contribution in [0, 0.1) is 0 Å². The molecule has 0 saturated carbocycles. The van der Waals surface area contributed by atoms with Gasteiger partial charge >= 0.3 is 0 Å². The lowest BCUT2D eigenvalue weighted by Gasteiger charge is -2.12. The number of hydrogen-bond acceptors (Lipinski definition) is 4. The van der Waals surface area contributed by atoms with Crippen molar-refractivity contribution in [2.45, 2.75) is 6.42 Å². The molecule has 2 amide bonds.